The molecular formula is C14H16N2O2. The number of aromatic nitrogens is 1. The fourth-order valence-corrected chi connectivity index (χ4v) is 2.38. The van der Waals surface area contributed by atoms with Crippen molar-refractivity contribution in [3.8, 4) is 0 Å². The van der Waals surface area contributed by atoms with Gasteiger partial charge in [-0.2, -0.15) is 0 Å². The van der Waals surface area contributed by atoms with Crippen LogP contribution in [-0.4, -0.2) is 41.6 Å². The van der Waals surface area contributed by atoms with Crippen molar-refractivity contribution in [2.75, 3.05) is 19.8 Å². The second-order valence-electron chi connectivity index (χ2n) is 4.70. The summed E-state index contributed by atoms with van der Waals surface area (Å²) in [5.74, 6) is 0.0855. The summed E-state index contributed by atoms with van der Waals surface area (Å²) in [6.45, 7) is 3.93. The second-order valence-corrected chi connectivity index (χ2v) is 4.70. The molecule has 94 valence electrons. The van der Waals surface area contributed by atoms with Gasteiger partial charge in [0, 0.05) is 23.8 Å². The highest BCUT2D eigenvalue weighted by Crippen LogP contribution is 2.17. The Labute approximate surface area is 106 Å². The number of aromatic amines is 1. The molecule has 0 spiro atoms. The molecular weight excluding hydrogens is 228 g/mol. The molecule has 1 amide bonds. The van der Waals surface area contributed by atoms with Gasteiger partial charge in [-0.25, -0.2) is 0 Å². The maximum absolute atomic E-state index is 12.4. The second kappa shape index (κ2) is 4.46. The van der Waals surface area contributed by atoms with Gasteiger partial charge in [0.25, 0.3) is 5.91 Å². The minimum Gasteiger partial charge on any atom is -0.377 e. The van der Waals surface area contributed by atoms with Crippen LogP contribution in [0.3, 0.4) is 0 Å². The highest BCUT2D eigenvalue weighted by molar-refractivity contribution is 5.98. The van der Waals surface area contributed by atoms with E-state index in [0.717, 1.165) is 16.5 Å². The Bertz CT molecular complexity index is 576. The molecule has 3 rings (SSSR count). The molecule has 1 aromatic heterocycles. The Morgan fingerprint density at radius 1 is 1.44 bits per heavy atom. The van der Waals surface area contributed by atoms with Crippen LogP contribution in [0.25, 0.3) is 10.9 Å². The summed E-state index contributed by atoms with van der Waals surface area (Å²) >= 11 is 0. The fourth-order valence-electron chi connectivity index (χ4n) is 2.38. The minimum absolute atomic E-state index is 0.0855. The summed E-state index contributed by atoms with van der Waals surface area (Å²) < 4.78 is 5.36. The molecule has 2 heterocycles. The smallest absolute Gasteiger partial charge is 0.254 e. The Balaban J connectivity index is 1.90. The maximum Gasteiger partial charge on any atom is 0.254 e. The van der Waals surface area contributed by atoms with E-state index >= 15 is 0 Å². The van der Waals surface area contributed by atoms with Crippen LogP contribution in [-0.2, 0) is 4.74 Å². The summed E-state index contributed by atoms with van der Waals surface area (Å²) in [7, 11) is 0. The predicted octanol–water partition coefficient (Wildman–Crippen LogP) is 2.03. The Hall–Kier alpha value is -1.81. The predicted molar refractivity (Wildman–Crippen MR) is 69.6 cm³/mol. The number of benzene rings is 1. The minimum atomic E-state index is 0.0855. The Morgan fingerprint density at radius 2 is 2.33 bits per heavy atom. The number of carbonyl (C=O) groups is 1. The lowest BCUT2D eigenvalue weighted by Gasteiger charge is -2.33. The standard InChI is InChI=1S/C14H16N2O2/c1-10-9-18-7-6-16(10)14(17)12-3-2-11-4-5-15-13(11)8-12/h2-5,8,10,15H,6-7,9H2,1H3/t10-/m1/s1. The monoisotopic (exact) mass is 244 g/mol. The molecule has 18 heavy (non-hydrogen) atoms. The number of hydrogen-bond acceptors (Lipinski definition) is 2. The van der Waals surface area contributed by atoms with Gasteiger partial charge in [-0.15, -0.1) is 0 Å². The van der Waals surface area contributed by atoms with E-state index < -0.39 is 0 Å². The van der Waals surface area contributed by atoms with Crippen molar-refractivity contribution in [3.63, 3.8) is 0 Å². The third-order valence-corrected chi connectivity index (χ3v) is 3.43. The zero-order valence-electron chi connectivity index (χ0n) is 10.3. The van der Waals surface area contributed by atoms with E-state index in [1.165, 1.54) is 0 Å². The third-order valence-electron chi connectivity index (χ3n) is 3.43. The largest absolute Gasteiger partial charge is 0.377 e. The van der Waals surface area contributed by atoms with Gasteiger partial charge < -0.3 is 14.6 Å². The summed E-state index contributed by atoms with van der Waals surface area (Å²) in [5.41, 5.74) is 1.74. The van der Waals surface area contributed by atoms with E-state index in [1.54, 1.807) is 0 Å². The summed E-state index contributed by atoms with van der Waals surface area (Å²) in [6.07, 6.45) is 1.89. The molecule has 1 aliphatic heterocycles. The third kappa shape index (κ3) is 1.88. The van der Waals surface area contributed by atoms with Crippen LogP contribution in [0.5, 0.6) is 0 Å². The van der Waals surface area contributed by atoms with Crippen molar-refractivity contribution in [1.29, 1.82) is 0 Å². The van der Waals surface area contributed by atoms with Gasteiger partial charge in [-0.05, 0) is 30.5 Å². The normalized spacial score (nSPS) is 20.3. The number of fused-ring (bicyclic) bond motifs is 1. The lowest BCUT2D eigenvalue weighted by molar-refractivity contribution is 0.00360. The number of morpholine rings is 1. The molecule has 4 heteroatoms. The molecule has 0 bridgehead atoms. The van der Waals surface area contributed by atoms with E-state index in [2.05, 4.69) is 4.98 Å². The van der Waals surface area contributed by atoms with Gasteiger partial charge in [0.05, 0.1) is 19.3 Å². The molecule has 1 fully saturated rings. The van der Waals surface area contributed by atoms with Gasteiger partial charge in [0.1, 0.15) is 0 Å². The Kier molecular flexibility index (Phi) is 2.80. The summed E-state index contributed by atoms with van der Waals surface area (Å²) in [4.78, 5) is 17.4. The van der Waals surface area contributed by atoms with Crippen molar-refractivity contribution >= 4 is 16.8 Å². The van der Waals surface area contributed by atoms with E-state index in [1.807, 2.05) is 42.3 Å². The average molecular weight is 244 g/mol. The zero-order valence-corrected chi connectivity index (χ0v) is 10.3. The van der Waals surface area contributed by atoms with E-state index in [-0.39, 0.29) is 11.9 Å². The van der Waals surface area contributed by atoms with Crippen LogP contribution < -0.4 is 0 Å². The van der Waals surface area contributed by atoms with Gasteiger partial charge in [0.15, 0.2) is 0 Å². The van der Waals surface area contributed by atoms with Crippen LogP contribution in [0.15, 0.2) is 30.5 Å². The molecule has 0 radical (unpaired) electrons. The van der Waals surface area contributed by atoms with Crippen LogP contribution in [0.4, 0.5) is 0 Å². The first-order valence-corrected chi connectivity index (χ1v) is 6.21. The van der Waals surface area contributed by atoms with Crippen molar-refractivity contribution < 1.29 is 9.53 Å². The number of carbonyl (C=O) groups excluding carboxylic acids is 1. The highest BCUT2D eigenvalue weighted by Gasteiger charge is 2.24. The van der Waals surface area contributed by atoms with Crippen LogP contribution in [0.2, 0.25) is 0 Å². The fraction of sp³-hybridized carbons (Fsp3) is 0.357. The van der Waals surface area contributed by atoms with E-state index in [0.29, 0.717) is 19.8 Å². The first kappa shape index (κ1) is 11.3. The topological polar surface area (TPSA) is 45.3 Å². The maximum atomic E-state index is 12.4. The van der Waals surface area contributed by atoms with Gasteiger partial charge in [-0.1, -0.05) is 6.07 Å². The quantitative estimate of drug-likeness (QED) is 0.834. The van der Waals surface area contributed by atoms with Crippen molar-refractivity contribution in [2.45, 2.75) is 13.0 Å². The molecule has 0 aliphatic carbocycles. The lowest BCUT2D eigenvalue weighted by Crippen LogP contribution is -2.47. The van der Waals surface area contributed by atoms with Crippen molar-refractivity contribution in [1.82, 2.24) is 9.88 Å². The van der Waals surface area contributed by atoms with Crippen LogP contribution in [0.1, 0.15) is 17.3 Å². The van der Waals surface area contributed by atoms with Crippen molar-refractivity contribution in [2.24, 2.45) is 0 Å². The highest BCUT2D eigenvalue weighted by atomic mass is 16.5. The number of H-pyrrole nitrogens is 1. The molecule has 0 unspecified atom stereocenters. The summed E-state index contributed by atoms with van der Waals surface area (Å²) in [6, 6.07) is 7.93. The number of rotatable bonds is 1. The molecule has 1 saturated heterocycles. The molecule has 2 aromatic rings. The van der Waals surface area contributed by atoms with Gasteiger partial charge in [0.2, 0.25) is 0 Å². The number of nitrogens with zero attached hydrogens (tertiary/aromatic N) is 1. The first-order valence-electron chi connectivity index (χ1n) is 6.21. The number of amides is 1. The Morgan fingerprint density at radius 3 is 3.17 bits per heavy atom. The van der Waals surface area contributed by atoms with E-state index in [4.69, 9.17) is 4.74 Å². The first-order chi connectivity index (χ1) is 8.75. The van der Waals surface area contributed by atoms with Crippen LogP contribution >= 0.6 is 0 Å². The number of ether oxygens (including phenoxy) is 1. The molecule has 1 aliphatic rings. The number of nitrogens with one attached hydrogen (secondary N) is 1. The van der Waals surface area contributed by atoms with Crippen molar-refractivity contribution in [3.05, 3.63) is 36.0 Å². The van der Waals surface area contributed by atoms with Gasteiger partial charge >= 0.3 is 0 Å². The molecule has 1 N–H and O–H groups in total. The van der Waals surface area contributed by atoms with Crippen LogP contribution in [0, 0.1) is 0 Å². The lowest BCUT2D eigenvalue weighted by atomic mass is 10.1. The average Bonchev–Trinajstić information content (AvgIpc) is 2.85. The molecule has 1 aromatic carbocycles. The zero-order chi connectivity index (χ0) is 12.5. The molecule has 1 atom stereocenters. The number of hydrogen-bond donors (Lipinski definition) is 1. The molecule has 0 saturated carbocycles. The summed E-state index contributed by atoms with van der Waals surface area (Å²) in [5, 5.41) is 1.13. The molecule has 4 nitrogen and oxygen atoms in total. The van der Waals surface area contributed by atoms with E-state index in [9.17, 15) is 4.79 Å². The van der Waals surface area contributed by atoms with Gasteiger partial charge in [-0.3, -0.25) is 4.79 Å². The SMILES string of the molecule is C[C@@H]1COCCN1C(=O)c1ccc2cc[nH]c2c1.